The molecule has 2 rings (SSSR count). The van der Waals surface area contributed by atoms with Crippen molar-refractivity contribution in [3.63, 3.8) is 0 Å². The molecule has 0 aliphatic carbocycles. The van der Waals surface area contributed by atoms with E-state index in [1.165, 1.54) is 11.5 Å². The maximum atomic E-state index is 12.0. The molecule has 0 radical (unpaired) electrons. The summed E-state index contributed by atoms with van der Waals surface area (Å²) in [5, 5.41) is 5.19. The Hall–Kier alpha value is -1.31. The van der Waals surface area contributed by atoms with E-state index in [0.29, 0.717) is 17.4 Å². The van der Waals surface area contributed by atoms with Crippen LogP contribution < -0.4 is 11.1 Å². The van der Waals surface area contributed by atoms with Gasteiger partial charge in [0, 0.05) is 11.5 Å². The molecule has 1 amide bonds. The zero-order chi connectivity index (χ0) is 13.9. The van der Waals surface area contributed by atoms with E-state index < -0.39 is 5.54 Å². The molecule has 7 heteroatoms. The molecule has 0 saturated heterocycles. The molecule has 2 aromatic heterocycles. The number of hydrogen-bond acceptors (Lipinski definition) is 6. The first-order valence-electron chi connectivity index (χ1n) is 6.01. The molecule has 3 N–H and O–H groups in total. The first kappa shape index (κ1) is 14.1. The Morgan fingerprint density at radius 2 is 2.37 bits per heavy atom. The van der Waals surface area contributed by atoms with Gasteiger partial charge in [-0.2, -0.15) is 9.36 Å². The third kappa shape index (κ3) is 3.37. The average Bonchev–Trinajstić information content (AvgIpc) is 2.97. The summed E-state index contributed by atoms with van der Waals surface area (Å²) >= 11 is 2.73. The Morgan fingerprint density at radius 3 is 3.00 bits per heavy atom. The average molecular weight is 296 g/mol. The maximum Gasteiger partial charge on any atom is 0.245 e. The van der Waals surface area contributed by atoms with Gasteiger partial charge in [0.05, 0.1) is 10.4 Å². The van der Waals surface area contributed by atoms with E-state index in [4.69, 9.17) is 5.73 Å². The molecule has 5 nitrogen and oxygen atoms in total. The number of nitrogens with two attached hydrogens (primary N) is 1. The lowest BCUT2D eigenvalue weighted by molar-refractivity contribution is -0.120. The van der Waals surface area contributed by atoms with Crippen molar-refractivity contribution in [1.29, 1.82) is 0 Å². The van der Waals surface area contributed by atoms with E-state index in [0.717, 1.165) is 11.3 Å². The van der Waals surface area contributed by atoms with Gasteiger partial charge in [-0.1, -0.05) is 19.4 Å². The smallest absolute Gasteiger partial charge is 0.245 e. The zero-order valence-electron chi connectivity index (χ0n) is 10.8. The summed E-state index contributed by atoms with van der Waals surface area (Å²) in [5.41, 5.74) is 5.09. The molecule has 102 valence electrons. The number of amides is 1. The minimum Gasteiger partial charge on any atom is -0.318 e. The summed E-state index contributed by atoms with van der Waals surface area (Å²) in [6.45, 7) is 3.73. The number of nitrogens with one attached hydrogen (secondary N) is 1. The Labute approximate surface area is 120 Å². The number of rotatable bonds is 5. The van der Waals surface area contributed by atoms with E-state index in [1.807, 2.05) is 24.4 Å². The summed E-state index contributed by atoms with van der Waals surface area (Å²) in [6.07, 6.45) is 1.49. The number of aromatic nitrogens is 2. The fourth-order valence-electron chi connectivity index (χ4n) is 1.65. The topological polar surface area (TPSA) is 80.9 Å². The summed E-state index contributed by atoms with van der Waals surface area (Å²) in [4.78, 5) is 17.3. The van der Waals surface area contributed by atoms with Gasteiger partial charge in [0.25, 0.3) is 0 Å². The molecule has 0 aliphatic rings. The minimum atomic E-state index is -0.872. The molecule has 19 heavy (non-hydrogen) atoms. The van der Waals surface area contributed by atoms with Gasteiger partial charge >= 0.3 is 0 Å². The van der Waals surface area contributed by atoms with Crippen LogP contribution in [-0.4, -0.2) is 20.8 Å². The van der Waals surface area contributed by atoms with Gasteiger partial charge in [0.15, 0.2) is 5.82 Å². The van der Waals surface area contributed by atoms with Gasteiger partial charge in [0.2, 0.25) is 11.0 Å². The number of hydrogen-bond donors (Lipinski definition) is 2. The van der Waals surface area contributed by atoms with Crippen molar-refractivity contribution in [3.8, 4) is 10.7 Å². The highest BCUT2D eigenvalue weighted by Crippen LogP contribution is 2.25. The summed E-state index contributed by atoms with van der Waals surface area (Å²) in [5.74, 6) is 0.424. The van der Waals surface area contributed by atoms with Crippen molar-refractivity contribution >= 4 is 33.9 Å². The molecule has 2 aromatic rings. The van der Waals surface area contributed by atoms with Crippen molar-refractivity contribution in [2.75, 3.05) is 5.32 Å². The zero-order valence-corrected chi connectivity index (χ0v) is 12.5. The molecular formula is C12H16N4OS2. The molecule has 0 spiro atoms. The van der Waals surface area contributed by atoms with Crippen molar-refractivity contribution in [2.45, 2.75) is 32.2 Å². The van der Waals surface area contributed by atoms with Crippen molar-refractivity contribution in [3.05, 3.63) is 17.5 Å². The number of anilines is 1. The van der Waals surface area contributed by atoms with Crippen LogP contribution in [0.4, 0.5) is 5.13 Å². The summed E-state index contributed by atoms with van der Waals surface area (Å²) in [6, 6.07) is 3.89. The third-order valence-corrected chi connectivity index (χ3v) is 4.17. The number of carbonyl (C=O) groups excluding carboxylic acids is 1. The van der Waals surface area contributed by atoms with E-state index >= 15 is 0 Å². The molecular weight excluding hydrogens is 280 g/mol. The molecule has 0 aromatic carbocycles. The van der Waals surface area contributed by atoms with Crippen LogP contribution in [0.3, 0.4) is 0 Å². The predicted molar refractivity (Wildman–Crippen MR) is 79.4 cm³/mol. The number of thiophene rings is 1. The van der Waals surface area contributed by atoms with Crippen molar-refractivity contribution in [1.82, 2.24) is 9.36 Å². The normalized spacial score (nSPS) is 14.1. The third-order valence-electron chi connectivity index (χ3n) is 2.68. The number of nitrogens with zero attached hydrogens (tertiary/aromatic N) is 2. The van der Waals surface area contributed by atoms with E-state index in [9.17, 15) is 4.79 Å². The van der Waals surface area contributed by atoms with Gasteiger partial charge in [-0.3, -0.25) is 10.1 Å². The summed E-state index contributed by atoms with van der Waals surface area (Å²) < 4.78 is 4.23. The fraction of sp³-hybridized carbons (Fsp3) is 0.417. The lowest BCUT2D eigenvalue weighted by Crippen LogP contribution is -2.48. The van der Waals surface area contributed by atoms with E-state index in [-0.39, 0.29) is 5.91 Å². The van der Waals surface area contributed by atoms with Crippen LogP contribution in [0.15, 0.2) is 17.5 Å². The first-order chi connectivity index (χ1) is 9.03. The van der Waals surface area contributed by atoms with Gasteiger partial charge in [0.1, 0.15) is 0 Å². The molecule has 1 atom stereocenters. The first-order valence-corrected chi connectivity index (χ1v) is 7.66. The van der Waals surface area contributed by atoms with E-state index in [1.54, 1.807) is 18.3 Å². The Morgan fingerprint density at radius 1 is 1.58 bits per heavy atom. The highest BCUT2D eigenvalue weighted by atomic mass is 32.1. The van der Waals surface area contributed by atoms with Gasteiger partial charge in [-0.25, -0.2) is 0 Å². The Kier molecular flexibility index (Phi) is 4.28. The lowest BCUT2D eigenvalue weighted by Gasteiger charge is -2.21. The SMILES string of the molecule is CCCC(C)(N)C(=O)Nc1nc(-c2cccs2)ns1. The monoisotopic (exact) mass is 296 g/mol. The lowest BCUT2D eigenvalue weighted by atomic mass is 9.97. The highest BCUT2D eigenvalue weighted by molar-refractivity contribution is 7.14. The fourth-order valence-corrected chi connectivity index (χ4v) is 2.95. The van der Waals surface area contributed by atoms with Crippen LogP contribution in [-0.2, 0) is 4.79 Å². The molecule has 1 unspecified atom stereocenters. The second kappa shape index (κ2) is 5.77. The quantitative estimate of drug-likeness (QED) is 0.889. The predicted octanol–water partition coefficient (Wildman–Crippen LogP) is 2.72. The highest BCUT2D eigenvalue weighted by Gasteiger charge is 2.28. The largest absolute Gasteiger partial charge is 0.318 e. The van der Waals surface area contributed by atoms with Crippen LogP contribution >= 0.6 is 22.9 Å². The number of carbonyl (C=O) groups is 1. The van der Waals surface area contributed by atoms with Crippen molar-refractivity contribution in [2.24, 2.45) is 5.73 Å². The Balaban J connectivity index is 2.06. The molecule has 0 bridgehead atoms. The molecule has 0 saturated carbocycles. The second-order valence-electron chi connectivity index (χ2n) is 4.52. The van der Waals surface area contributed by atoms with Crippen molar-refractivity contribution < 1.29 is 4.79 Å². The maximum absolute atomic E-state index is 12.0. The molecule has 0 fully saturated rings. The van der Waals surface area contributed by atoms with Gasteiger partial charge in [-0.05, 0) is 24.8 Å². The van der Waals surface area contributed by atoms with Crippen LogP contribution in [0, 0.1) is 0 Å². The molecule has 0 aliphatic heterocycles. The standard InChI is InChI=1S/C12H16N4OS2/c1-3-6-12(2,13)10(17)15-11-14-9(16-19-11)8-5-4-7-18-8/h4-5,7H,3,6,13H2,1-2H3,(H,14,15,16,17). The van der Waals surface area contributed by atoms with Gasteiger partial charge < -0.3 is 5.73 Å². The minimum absolute atomic E-state index is 0.219. The van der Waals surface area contributed by atoms with Crippen LogP contribution in [0.25, 0.3) is 10.7 Å². The van der Waals surface area contributed by atoms with Crippen LogP contribution in [0.5, 0.6) is 0 Å². The van der Waals surface area contributed by atoms with Crippen LogP contribution in [0.1, 0.15) is 26.7 Å². The second-order valence-corrected chi connectivity index (χ2v) is 6.22. The van der Waals surface area contributed by atoms with Gasteiger partial charge in [-0.15, -0.1) is 11.3 Å². The molecule has 2 heterocycles. The van der Waals surface area contributed by atoms with Crippen LogP contribution in [0.2, 0.25) is 0 Å². The summed E-state index contributed by atoms with van der Waals surface area (Å²) in [7, 11) is 0. The van der Waals surface area contributed by atoms with E-state index in [2.05, 4.69) is 14.7 Å². The Bertz CT molecular complexity index is 548.